The highest BCUT2D eigenvalue weighted by Crippen LogP contribution is 2.33. The predicted molar refractivity (Wildman–Crippen MR) is 92.7 cm³/mol. The van der Waals surface area contributed by atoms with Gasteiger partial charge in [-0.25, -0.2) is 0 Å². The molecule has 0 radical (unpaired) electrons. The first-order valence-corrected chi connectivity index (χ1v) is 7.72. The lowest BCUT2D eigenvalue weighted by molar-refractivity contribution is 0.0996. The van der Waals surface area contributed by atoms with Crippen LogP contribution in [-0.4, -0.2) is 28.4 Å². The Balaban J connectivity index is 1.84. The predicted octanol–water partition coefficient (Wildman–Crippen LogP) is 2.81. The van der Waals surface area contributed by atoms with Gasteiger partial charge in [-0.2, -0.15) is 15.4 Å². The minimum absolute atomic E-state index is 0.0645. The zero-order chi connectivity index (χ0) is 17.8. The van der Waals surface area contributed by atoms with Crippen molar-refractivity contribution >= 4 is 17.5 Å². The van der Waals surface area contributed by atoms with Crippen molar-refractivity contribution in [1.29, 1.82) is 0 Å². The number of nitrogens with two attached hydrogens (primary N) is 1. The molecule has 0 saturated heterocycles. The van der Waals surface area contributed by atoms with E-state index in [2.05, 4.69) is 15.4 Å². The molecule has 3 rings (SSSR count). The summed E-state index contributed by atoms with van der Waals surface area (Å²) in [5.74, 6) is 0.386. The molecule has 1 heterocycles. The fourth-order valence-corrected chi connectivity index (χ4v) is 2.54. The number of methoxy groups -OCH3 is 1. The van der Waals surface area contributed by atoms with Crippen LogP contribution in [-0.2, 0) is 6.61 Å². The Morgan fingerprint density at radius 3 is 2.76 bits per heavy atom. The van der Waals surface area contributed by atoms with Crippen LogP contribution in [0.4, 0.5) is 0 Å². The number of amides is 1. The third-order valence-corrected chi connectivity index (χ3v) is 3.74. The van der Waals surface area contributed by atoms with Crippen molar-refractivity contribution < 1.29 is 14.3 Å². The van der Waals surface area contributed by atoms with E-state index in [4.69, 9.17) is 26.8 Å². The van der Waals surface area contributed by atoms with E-state index in [9.17, 15) is 4.79 Å². The topological polar surface area (TPSA) is 103 Å². The zero-order valence-electron chi connectivity index (χ0n) is 13.3. The number of ether oxygens (including phenoxy) is 2. The molecule has 0 aliphatic carbocycles. The van der Waals surface area contributed by atoms with Gasteiger partial charge in [0.25, 0.3) is 5.91 Å². The second-order valence-electron chi connectivity index (χ2n) is 5.17. The monoisotopic (exact) mass is 358 g/mol. The quantitative estimate of drug-likeness (QED) is 0.705. The maximum atomic E-state index is 11.4. The number of nitrogens with one attached hydrogen (secondary N) is 1. The Kier molecular flexibility index (Phi) is 4.85. The molecule has 8 heteroatoms. The minimum Gasteiger partial charge on any atom is -0.493 e. The molecule has 128 valence electrons. The summed E-state index contributed by atoms with van der Waals surface area (Å²) in [5.41, 5.74) is 7.28. The number of halogens is 1. The van der Waals surface area contributed by atoms with Crippen molar-refractivity contribution in [2.75, 3.05) is 7.11 Å². The average Bonchev–Trinajstić information content (AvgIpc) is 3.10. The van der Waals surface area contributed by atoms with E-state index in [1.807, 2.05) is 18.2 Å². The fourth-order valence-electron chi connectivity index (χ4n) is 2.33. The van der Waals surface area contributed by atoms with Crippen molar-refractivity contribution in [2.24, 2.45) is 5.73 Å². The standard InChI is InChI=1S/C17H15ClN4O3/c1-24-14-8-11(15-16(17(19)23)21-22-20-15)5-6-13(14)25-9-10-3-2-4-12(18)7-10/h2-8H,9H2,1H3,(H2,19,23)(H,20,21,22). The molecular formula is C17H15ClN4O3. The van der Waals surface area contributed by atoms with Crippen LogP contribution >= 0.6 is 11.6 Å². The molecule has 0 aliphatic rings. The molecule has 2 aromatic carbocycles. The van der Waals surface area contributed by atoms with Crippen LogP contribution in [0.3, 0.4) is 0 Å². The molecule has 0 fully saturated rings. The number of hydrogen-bond acceptors (Lipinski definition) is 5. The SMILES string of the molecule is COc1cc(-c2n[nH]nc2C(N)=O)ccc1OCc1cccc(Cl)c1. The lowest BCUT2D eigenvalue weighted by Gasteiger charge is -2.12. The first kappa shape index (κ1) is 16.8. The van der Waals surface area contributed by atoms with Crippen molar-refractivity contribution in [3.63, 3.8) is 0 Å². The summed E-state index contributed by atoms with van der Waals surface area (Å²) in [6.45, 7) is 0.340. The smallest absolute Gasteiger partial charge is 0.271 e. The number of carbonyl (C=O) groups is 1. The van der Waals surface area contributed by atoms with Crippen LogP contribution < -0.4 is 15.2 Å². The number of H-pyrrole nitrogens is 1. The summed E-state index contributed by atoms with van der Waals surface area (Å²) in [5, 5.41) is 10.8. The van der Waals surface area contributed by atoms with Gasteiger partial charge in [-0.05, 0) is 35.9 Å². The molecule has 0 atom stereocenters. The van der Waals surface area contributed by atoms with Gasteiger partial charge >= 0.3 is 0 Å². The van der Waals surface area contributed by atoms with Gasteiger partial charge in [-0.3, -0.25) is 4.79 Å². The van der Waals surface area contributed by atoms with E-state index in [1.54, 1.807) is 24.3 Å². The van der Waals surface area contributed by atoms with Gasteiger partial charge in [0.1, 0.15) is 12.3 Å². The van der Waals surface area contributed by atoms with E-state index in [0.717, 1.165) is 5.56 Å². The van der Waals surface area contributed by atoms with Crippen molar-refractivity contribution in [3.05, 3.63) is 58.7 Å². The van der Waals surface area contributed by atoms with Crippen molar-refractivity contribution in [2.45, 2.75) is 6.61 Å². The number of nitrogens with zero attached hydrogens (tertiary/aromatic N) is 2. The van der Waals surface area contributed by atoms with Gasteiger partial charge < -0.3 is 15.2 Å². The molecule has 0 unspecified atom stereocenters. The molecule has 7 nitrogen and oxygen atoms in total. The highest BCUT2D eigenvalue weighted by molar-refractivity contribution is 6.30. The Hall–Kier alpha value is -3.06. The van der Waals surface area contributed by atoms with Gasteiger partial charge in [-0.1, -0.05) is 23.7 Å². The summed E-state index contributed by atoms with van der Waals surface area (Å²) >= 11 is 5.97. The molecule has 3 aromatic rings. The van der Waals surface area contributed by atoms with Crippen LogP contribution in [0.1, 0.15) is 16.1 Å². The summed E-state index contributed by atoms with van der Waals surface area (Å²) < 4.78 is 11.2. The van der Waals surface area contributed by atoms with E-state index in [1.165, 1.54) is 7.11 Å². The van der Waals surface area contributed by atoms with Crippen LogP contribution in [0.5, 0.6) is 11.5 Å². The molecule has 0 spiro atoms. The zero-order valence-corrected chi connectivity index (χ0v) is 14.1. The van der Waals surface area contributed by atoms with Gasteiger partial charge in [0.2, 0.25) is 0 Å². The van der Waals surface area contributed by atoms with Crippen molar-refractivity contribution in [3.8, 4) is 22.8 Å². The van der Waals surface area contributed by atoms with Crippen LogP contribution in [0.2, 0.25) is 5.02 Å². The van der Waals surface area contributed by atoms with Gasteiger partial charge in [0, 0.05) is 10.6 Å². The molecule has 1 amide bonds. The summed E-state index contributed by atoms with van der Waals surface area (Å²) in [7, 11) is 1.53. The van der Waals surface area contributed by atoms with E-state index < -0.39 is 5.91 Å². The first-order valence-electron chi connectivity index (χ1n) is 7.34. The number of aromatic nitrogens is 3. The van der Waals surface area contributed by atoms with E-state index in [0.29, 0.717) is 34.4 Å². The number of rotatable bonds is 6. The molecule has 0 bridgehead atoms. The summed E-state index contributed by atoms with van der Waals surface area (Å²) in [6.07, 6.45) is 0. The number of benzene rings is 2. The largest absolute Gasteiger partial charge is 0.493 e. The van der Waals surface area contributed by atoms with E-state index in [-0.39, 0.29) is 5.69 Å². The molecule has 1 aromatic heterocycles. The lowest BCUT2D eigenvalue weighted by atomic mass is 10.1. The molecular weight excluding hydrogens is 344 g/mol. The highest BCUT2D eigenvalue weighted by atomic mass is 35.5. The number of hydrogen-bond donors (Lipinski definition) is 2. The van der Waals surface area contributed by atoms with Crippen molar-refractivity contribution in [1.82, 2.24) is 15.4 Å². The van der Waals surface area contributed by atoms with E-state index >= 15 is 0 Å². The number of primary amides is 1. The highest BCUT2D eigenvalue weighted by Gasteiger charge is 2.17. The minimum atomic E-state index is -0.663. The number of aromatic amines is 1. The van der Waals surface area contributed by atoms with Gasteiger partial charge in [0.15, 0.2) is 17.2 Å². The third-order valence-electron chi connectivity index (χ3n) is 3.50. The van der Waals surface area contributed by atoms with Crippen LogP contribution in [0.15, 0.2) is 42.5 Å². The summed E-state index contributed by atoms with van der Waals surface area (Å²) in [4.78, 5) is 11.4. The second kappa shape index (κ2) is 7.23. The maximum absolute atomic E-state index is 11.4. The summed E-state index contributed by atoms with van der Waals surface area (Å²) in [6, 6.07) is 12.6. The molecule has 0 aliphatic heterocycles. The molecule has 0 saturated carbocycles. The van der Waals surface area contributed by atoms with Crippen LogP contribution in [0, 0.1) is 0 Å². The first-order chi connectivity index (χ1) is 12.1. The lowest BCUT2D eigenvalue weighted by Crippen LogP contribution is -2.12. The fraction of sp³-hybridized carbons (Fsp3) is 0.118. The van der Waals surface area contributed by atoms with Gasteiger partial charge in [0.05, 0.1) is 7.11 Å². The Morgan fingerprint density at radius 1 is 1.20 bits per heavy atom. The van der Waals surface area contributed by atoms with Crippen LogP contribution in [0.25, 0.3) is 11.3 Å². The molecule has 3 N–H and O–H groups in total. The molecule has 25 heavy (non-hydrogen) atoms. The Bertz CT molecular complexity index is 910. The second-order valence-corrected chi connectivity index (χ2v) is 5.61. The normalized spacial score (nSPS) is 10.5. The third kappa shape index (κ3) is 3.72. The Morgan fingerprint density at radius 2 is 2.04 bits per heavy atom. The Labute approximate surface area is 148 Å². The van der Waals surface area contributed by atoms with Gasteiger partial charge in [-0.15, -0.1) is 0 Å². The number of carbonyl (C=O) groups excluding carboxylic acids is 1. The maximum Gasteiger partial charge on any atom is 0.271 e. The average molecular weight is 359 g/mol.